The predicted octanol–water partition coefficient (Wildman–Crippen LogP) is 1.14. The zero-order valence-corrected chi connectivity index (χ0v) is 9.02. The van der Waals surface area contributed by atoms with Crippen LogP contribution in [0.15, 0.2) is 0 Å². The van der Waals surface area contributed by atoms with E-state index >= 15 is 0 Å². The molecule has 3 aliphatic rings. The van der Waals surface area contributed by atoms with Crippen LogP contribution in [0.5, 0.6) is 0 Å². The highest BCUT2D eigenvalue weighted by Crippen LogP contribution is 2.58. The summed E-state index contributed by atoms with van der Waals surface area (Å²) in [5, 5.41) is 2.90. The summed E-state index contributed by atoms with van der Waals surface area (Å²) < 4.78 is 5.18. The van der Waals surface area contributed by atoms with Crippen molar-refractivity contribution in [2.24, 2.45) is 5.73 Å². The van der Waals surface area contributed by atoms with Crippen LogP contribution in [-0.4, -0.2) is 22.8 Å². The SMILES string of the molecule is CC(C)(C)OC(=O)NC12CC(N)(C1)C2. The Bertz CT molecular complexity index is 261. The molecular formula is C10H18N2O2. The zero-order chi connectivity index (χ0) is 10.6. The van der Waals surface area contributed by atoms with Crippen LogP contribution in [0.25, 0.3) is 0 Å². The largest absolute Gasteiger partial charge is 0.444 e. The molecule has 0 saturated heterocycles. The molecule has 0 unspecified atom stereocenters. The van der Waals surface area contributed by atoms with Crippen LogP contribution in [0, 0.1) is 0 Å². The Morgan fingerprint density at radius 1 is 1.36 bits per heavy atom. The van der Waals surface area contributed by atoms with E-state index in [-0.39, 0.29) is 17.2 Å². The number of amides is 1. The first-order chi connectivity index (χ1) is 6.22. The number of nitrogens with two attached hydrogens (primary N) is 1. The van der Waals surface area contributed by atoms with Crippen molar-refractivity contribution in [3.63, 3.8) is 0 Å². The van der Waals surface area contributed by atoms with E-state index in [1.54, 1.807) is 0 Å². The van der Waals surface area contributed by atoms with Gasteiger partial charge in [-0.1, -0.05) is 0 Å². The second kappa shape index (κ2) is 2.42. The first-order valence-electron chi connectivity index (χ1n) is 5.02. The summed E-state index contributed by atoms with van der Waals surface area (Å²) in [7, 11) is 0. The van der Waals surface area contributed by atoms with Crippen molar-refractivity contribution in [3.05, 3.63) is 0 Å². The van der Waals surface area contributed by atoms with Crippen molar-refractivity contribution in [3.8, 4) is 0 Å². The van der Waals surface area contributed by atoms with E-state index in [0.29, 0.717) is 0 Å². The van der Waals surface area contributed by atoms with E-state index in [0.717, 1.165) is 19.3 Å². The monoisotopic (exact) mass is 198 g/mol. The quantitative estimate of drug-likeness (QED) is 0.664. The summed E-state index contributed by atoms with van der Waals surface area (Å²) in [6.45, 7) is 5.58. The Kier molecular flexibility index (Phi) is 1.69. The Hall–Kier alpha value is -0.770. The summed E-state index contributed by atoms with van der Waals surface area (Å²) in [5.41, 5.74) is 5.45. The maximum absolute atomic E-state index is 11.4. The molecular weight excluding hydrogens is 180 g/mol. The first-order valence-corrected chi connectivity index (χ1v) is 5.02. The Balaban J connectivity index is 1.80. The molecule has 14 heavy (non-hydrogen) atoms. The lowest BCUT2D eigenvalue weighted by Crippen LogP contribution is -2.82. The molecule has 1 amide bonds. The molecule has 4 heteroatoms. The number of carbonyl (C=O) groups excluding carboxylic acids is 1. The van der Waals surface area contributed by atoms with Crippen molar-refractivity contribution < 1.29 is 9.53 Å². The van der Waals surface area contributed by atoms with Gasteiger partial charge in [0.25, 0.3) is 0 Å². The molecule has 0 aliphatic heterocycles. The van der Waals surface area contributed by atoms with Gasteiger partial charge < -0.3 is 15.8 Å². The van der Waals surface area contributed by atoms with E-state index < -0.39 is 5.60 Å². The molecule has 3 fully saturated rings. The third kappa shape index (κ3) is 1.59. The number of hydrogen-bond acceptors (Lipinski definition) is 3. The van der Waals surface area contributed by atoms with Gasteiger partial charge in [0, 0.05) is 11.1 Å². The van der Waals surface area contributed by atoms with Gasteiger partial charge in [0.2, 0.25) is 0 Å². The van der Waals surface area contributed by atoms with Gasteiger partial charge in [-0.3, -0.25) is 0 Å². The van der Waals surface area contributed by atoms with Crippen molar-refractivity contribution >= 4 is 6.09 Å². The van der Waals surface area contributed by atoms with Crippen molar-refractivity contribution in [2.45, 2.75) is 56.7 Å². The molecule has 80 valence electrons. The average Bonchev–Trinajstić information content (AvgIpc) is 1.76. The van der Waals surface area contributed by atoms with Crippen LogP contribution >= 0.6 is 0 Å². The van der Waals surface area contributed by atoms with E-state index in [9.17, 15) is 4.79 Å². The van der Waals surface area contributed by atoms with Gasteiger partial charge in [-0.05, 0) is 40.0 Å². The Morgan fingerprint density at radius 3 is 2.21 bits per heavy atom. The first kappa shape index (κ1) is 9.77. The molecule has 2 bridgehead atoms. The number of hydrogen-bond donors (Lipinski definition) is 2. The van der Waals surface area contributed by atoms with Crippen LogP contribution in [0.1, 0.15) is 40.0 Å². The third-order valence-corrected chi connectivity index (χ3v) is 2.84. The second-order valence-corrected chi connectivity index (χ2v) is 5.80. The van der Waals surface area contributed by atoms with E-state index in [1.807, 2.05) is 20.8 Å². The Labute approximate surface area is 84.2 Å². The molecule has 3 aliphatic carbocycles. The predicted molar refractivity (Wildman–Crippen MR) is 52.9 cm³/mol. The highest BCUT2D eigenvalue weighted by atomic mass is 16.6. The van der Waals surface area contributed by atoms with Gasteiger partial charge in [-0.2, -0.15) is 0 Å². The van der Waals surface area contributed by atoms with Crippen LogP contribution in [0.3, 0.4) is 0 Å². The lowest BCUT2D eigenvalue weighted by atomic mass is 9.45. The van der Waals surface area contributed by atoms with E-state index in [4.69, 9.17) is 10.5 Å². The summed E-state index contributed by atoms with van der Waals surface area (Å²) >= 11 is 0. The van der Waals surface area contributed by atoms with Crippen LogP contribution in [-0.2, 0) is 4.74 Å². The van der Waals surface area contributed by atoms with Gasteiger partial charge in [-0.15, -0.1) is 0 Å². The maximum Gasteiger partial charge on any atom is 0.408 e. The lowest BCUT2D eigenvalue weighted by Gasteiger charge is -2.68. The minimum absolute atomic E-state index is 0.0228. The molecule has 0 spiro atoms. The summed E-state index contributed by atoms with van der Waals surface area (Å²) in [5.74, 6) is 0. The van der Waals surface area contributed by atoms with Gasteiger partial charge in [-0.25, -0.2) is 4.79 Å². The van der Waals surface area contributed by atoms with Crippen molar-refractivity contribution in [1.29, 1.82) is 0 Å². The number of alkyl carbamates (subject to hydrolysis) is 1. The number of rotatable bonds is 1. The molecule has 0 aromatic heterocycles. The molecule has 3 rings (SSSR count). The number of carbonyl (C=O) groups is 1. The van der Waals surface area contributed by atoms with Crippen molar-refractivity contribution in [1.82, 2.24) is 5.32 Å². The third-order valence-electron chi connectivity index (χ3n) is 2.84. The number of nitrogens with one attached hydrogen (secondary N) is 1. The summed E-state index contributed by atoms with van der Waals surface area (Å²) in [4.78, 5) is 11.4. The summed E-state index contributed by atoms with van der Waals surface area (Å²) in [6, 6.07) is 0. The topological polar surface area (TPSA) is 64.3 Å². The van der Waals surface area contributed by atoms with Gasteiger partial charge in [0.1, 0.15) is 5.60 Å². The van der Waals surface area contributed by atoms with Gasteiger partial charge in [0.15, 0.2) is 0 Å². The van der Waals surface area contributed by atoms with Gasteiger partial charge in [0.05, 0.1) is 0 Å². The normalized spacial score (nSPS) is 39.4. The average molecular weight is 198 g/mol. The molecule has 0 aromatic carbocycles. The van der Waals surface area contributed by atoms with Crippen molar-refractivity contribution in [2.75, 3.05) is 0 Å². The highest BCUT2D eigenvalue weighted by molar-refractivity contribution is 5.70. The molecule has 3 saturated carbocycles. The second-order valence-electron chi connectivity index (χ2n) is 5.80. The zero-order valence-electron chi connectivity index (χ0n) is 9.02. The lowest BCUT2D eigenvalue weighted by molar-refractivity contribution is -0.0794. The van der Waals surface area contributed by atoms with E-state index in [1.165, 1.54) is 0 Å². The molecule has 0 aromatic rings. The fraction of sp³-hybridized carbons (Fsp3) is 0.900. The van der Waals surface area contributed by atoms with Gasteiger partial charge >= 0.3 is 6.09 Å². The minimum atomic E-state index is -0.423. The number of ether oxygens (including phenoxy) is 1. The summed E-state index contributed by atoms with van der Waals surface area (Å²) in [6.07, 6.45) is 2.39. The molecule has 0 radical (unpaired) electrons. The van der Waals surface area contributed by atoms with Crippen LogP contribution in [0.2, 0.25) is 0 Å². The Morgan fingerprint density at radius 2 is 1.86 bits per heavy atom. The smallest absolute Gasteiger partial charge is 0.408 e. The standard InChI is InChI=1S/C10H18N2O2/c1-8(2,3)14-7(13)12-10-4-9(11,5-10)6-10/h4-6,11H2,1-3H3,(H,12,13). The molecule has 0 heterocycles. The van der Waals surface area contributed by atoms with E-state index in [2.05, 4.69) is 5.32 Å². The maximum atomic E-state index is 11.4. The fourth-order valence-corrected chi connectivity index (χ4v) is 2.52. The fourth-order valence-electron chi connectivity index (χ4n) is 2.52. The highest BCUT2D eigenvalue weighted by Gasteiger charge is 2.66. The van der Waals surface area contributed by atoms with Crippen LogP contribution in [0.4, 0.5) is 4.79 Å². The molecule has 3 N–H and O–H groups in total. The van der Waals surface area contributed by atoms with Crippen LogP contribution < -0.4 is 11.1 Å². The molecule has 4 nitrogen and oxygen atoms in total. The minimum Gasteiger partial charge on any atom is -0.444 e. The molecule has 0 atom stereocenters.